The zero-order valence-electron chi connectivity index (χ0n) is 14.5. The van der Waals surface area contributed by atoms with Crippen LogP contribution in [0.4, 0.5) is 5.69 Å². The molecule has 0 aliphatic carbocycles. The maximum atomic E-state index is 12.5. The molecule has 1 saturated heterocycles. The van der Waals surface area contributed by atoms with Crippen LogP contribution in [0.2, 0.25) is 0 Å². The summed E-state index contributed by atoms with van der Waals surface area (Å²) in [5.74, 6) is 2.47. The Bertz CT molecular complexity index is 687. The minimum absolute atomic E-state index is 0.0420. The van der Waals surface area contributed by atoms with E-state index in [1.54, 1.807) is 11.8 Å². The SMILES string of the molecule is CC(Sc1ccccc1)C(=O)Nc1cccc(CN2CCSCC2)c1. The number of anilines is 1. The van der Waals surface area contributed by atoms with Crippen LogP contribution in [0.1, 0.15) is 12.5 Å². The molecule has 0 spiro atoms. The summed E-state index contributed by atoms with van der Waals surface area (Å²) in [7, 11) is 0. The number of benzene rings is 2. The topological polar surface area (TPSA) is 32.3 Å². The number of carbonyl (C=O) groups excluding carboxylic acids is 1. The number of amides is 1. The van der Waals surface area contributed by atoms with Gasteiger partial charge in [-0.1, -0.05) is 30.3 Å². The van der Waals surface area contributed by atoms with Crippen LogP contribution in [0.3, 0.4) is 0 Å². The molecule has 1 heterocycles. The second kappa shape index (κ2) is 9.32. The molecule has 0 saturated carbocycles. The molecule has 3 rings (SSSR count). The first-order valence-corrected chi connectivity index (χ1v) is 10.7. The first kappa shape index (κ1) is 18.4. The van der Waals surface area contributed by atoms with E-state index < -0.39 is 0 Å². The van der Waals surface area contributed by atoms with E-state index in [-0.39, 0.29) is 11.2 Å². The van der Waals surface area contributed by atoms with Crippen LogP contribution in [-0.2, 0) is 11.3 Å². The molecule has 1 aliphatic rings. The fourth-order valence-corrected chi connectivity index (χ4v) is 4.63. The van der Waals surface area contributed by atoms with Crippen molar-refractivity contribution in [3.63, 3.8) is 0 Å². The molecule has 1 aliphatic heterocycles. The predicted molar refractivity (Wildman–Crippen MR) is 109 cm³/mol. The van der Waals surface area contributed by atoms with Crippen LogP contribution in [0.5, 0.6) is 0 Å². The highest BCUT2D eigenvalue weighted by atomic mass is 32.2. The molecule has 1 atom stereocenters. The van der Waals surface area contributed by atoms with E-state index in [2.05, 4.69) is 22.3 Å². The van der Waals surface area contributed by atoms with Crippen LogP contribution >= 0.6 is 23.5 Å². The Labute approximate surface area is 158 Å². The summed E-state index contributed by atoms with van der Waals surface area (Å²) in [5.41, 5.74) is 2.14. The smallest absolute Gasteiger partial charge is 0.237 e. The van der Waals surface area contributed by atoms with Crippen molar-refractivity contribution < 1.29 is 4.79 Å². The largest absolute Gasteiger partial charge is 0.325 e. The maximum absolute atomic E-state index is 12.5. The van der Waals surface area contributed by atoms with Crippen LogP contribution < -0.4 is 5.32 Å². The summed E-state index contributed by atoms with van der Waals surface area (Å²) in [6.07, 6.45) is 0. The van der Waals surface area contributed by atoms with Crippen LogP contribution in [0.15, 0.2) is 59.5 Å². The lowest BCUT2D eigenvalue weighted by Gasteiger charge is -2.26. The average molecular weight is 373 g/mol. The Balaban J connectivity index is 1.56. The number of thioether (sulfide) groups is 2. The van der Waals surface area contributed by atoms with Gasteiger partial charge in [0.15, 0.2) is 0 Å². The van der Waals surface area contributed by atoms with Gasteiger partial charge in [0.25, 0.3) is 0 Å². The van der Waals surface area contributed by atoms with Gasteiger partial charge in [0.1, 0.15) is 0 Å². The van der Waals surface area contributed by atoms with Gasteiger partial charge >= 0.3 is 0 Å². The predicted octanol–water partition coefficient (Wildman–Crippen LogP) is 4.35. The zero-order valence-corrected chi connectivity index (χ0v) is 16.1. The van der Waals surface area contributed by atoms with Crippen molar-refractivity contribution in [2.75, 3.05) is 29.9 Å². The van der Waals surface area contributed by atoms with Crippen molar-refractivity contribution >= 4 is 35.1 Å². The molecule has 2 aromatic rings. The number of rotatable bonds is 6. The summed E-state index contributed by atoms with van der Waals surface area (Å²) in [6.45, 7) is 5.19. The molecule has 0 radical (unpaired) electrons. The first-order chi connectivity index (χ1) is 12.2. The van der Waals surface area contributed by atoms with E-state index in [0.717, 1.165) is 30.2 Å². The molecule has 1 fully saturated rings. The number of carbonyl (C=O) groups is 1. The monoisotopic (exact) mass is 372 g/mol. The Hall–Kier alpha value is -1.43. The summed E-state index contributed by atoms with van der Waals surface area (Å²) < 4.78 is 0. The van der Waals surface area contributed by atoms with Crippen molar-refractivity contribution in [1.29, 1.82) is 0 Å². The number of hydrogen-bond acceptors (Lipinski definition) is 4. The van der Waals surface area contributed by atoms with Gasteiger partial charge in [-0.2, -0.15) is 11.8 Å². The van der Waals surface area contributed by atoms with Gasteiger partial charge in [-0.25, -0.2) is 0 Å². The zero-order chi connectivity index (χ0) is 17.5. The summed E-state index contributed by atoms with van der Waals surface area (Å²) in [6, 6.07) is 18.3. The summed E-state index contributed by atoms with van der Waals surface area (Å²) >= 11 is 3.60. The lowest BCUT2D eigenvalue weighted by molar-refractivity contribution is -0.115. The van der Waals surface area contributed by atoms with Gasteiger partial charge < -0.3 is 5.32 Å². The quantitative estimate of drug-likeness (QED) is 0.764. The fourth-order valence-electron chi connectivity index (χ4n) is 2.77. The Morgan fingerprint density at radius 1 is 1.16 bits per heavy atom. The van der Waals surface area contributed by atoms with Gasteiger partial charge in [-0.05, 0) is 36.8 Å². The van der Waals surface area contributed by atoms with Crippen LogP contribution in [0, 0.1) is 0 Å². The fraction of sp³-hybridized carbons (Fsp3) is 0.350. The highest BCUT2D eigenvalue weighted by Crippen LogP contribution is 2.24. The molecule has 25 heavy (non-hydrogen) atoms. The van der Waals surface area contributed by atoms with Crippen molar-refractivity contribution in [2.45, 2.75) is 23.6 Å². The minimum Gasteiger partial charge on any atom is -0.325 e. The lowest BCUT2D eigenvalue weighted by Crippen LogP contribution is -2.32. The number of hydrogen-bond donors (Lipinski definition) is 1. The van der Waals surface area contributed by atoms with Crippen LogP contribution in [0.25, 0.3) is 0 Å². The third-order valence-electron chi connectivity index (χ3n) is 4.13. The van der Waals surface area contributed by atoms with E-state index >= 15 is 0 Å². The molecule has 1 amide bonds. The molecule has 0 aromatic heterocycles. The molecule has 132 valence electrons. The van der Waals surface area contributed by atoms with Gasteiger partial charge in [0, 0.05) is 41.7 Å². The normalized spacial score (nSPS) is 16.4. The Morgan fingerprint density at radius 2 is 1.92 bits per heavy atom. The standard InChI is InChI=1S/C20H24N2OS2/c1-16(25-19-8-3-2-4-9-19)20(23)21-18-7-5-6-17(14-18)15-22-10-12-24-13-11-22/h2-9,14,16H,10-13,15H2,1H3,(H,21,23). The van der Waals surface area contributed by atoms with Crippen molar-refractivity contribution in [3.05, 3.63) is 60.2 Å². The van der Waals surface area contributed by atoms with E-state index in [9.17, 15) is 4.79 Å². The minimum atomic E-state index is -0.134. The first-order valence-electron chi connectivity index (χ1n) is 8.62. The lowest BCUT2D eigenvalue weighted by atomic mass is 10.2. The van der Waals surface area contributed by atoms with Gasteiger partial charge in [0.05, 0.1) is 5.25 Å². The third-order valence-corrected chi connectivity index (χ3v) is 6.18. The molecular formula is C20H24N2OS2. The van der Waals surface area contributed by atoms with E-state index in [1.807, 2.05) is 61.2 Å². The molecule has 1 unspecified atom stereocenters. The second-order valence-corrected chi connectivity index (χ2v) is 8.79. The molecule has 0 bridgehead atoms. The molecular weight excluding hydrogens is 348 g/mol. The van der Waals surface area contributed by atoms with Crippen molar-refractivity contribution in [2.24, 2.45) is 0 Å². The van der Waals surface area contributed by atoms with Gasteiger partial charge in [0.2, 0.25) is 5.91 Å². The number of nitrogens with one attached hydrogen (secondary N) is 1. The molecule has 1 N–H and O–H groups in total. The average Bonchev–Trinajstić information content (AvgIpc) is 2.63. The van der Waals surface area contributed by atoms with Gasteiger partial charge in [-0.15, -0.1) is 11.8 Å². The number of nitrogens with zero attached hydrogens (tertiary/aromatic N) is 1. The van der Waals surface area contributed by atoms with Crippen molar-refractivity contribution in [1.82, 2.24) is 4.90 Å². The highest BCUT2D eigenvalue weighted by molar-refractivity contribution is 8.00. The maximum Gasteiger partial charge on any atom is 0.237 e. The van der Waals surface area contributed by atoms with Crippen LogP contribution in [-0.4, -0.2) is 40.7 Å². The molecule has 5 heteroatoms. The highest BCUT2D eigenvalue weighted by Gasteiger charge is 2.15. The Morgan fingerprint density at radius 3 is 2.68 bits per heavy atom. The Kier molecular flexibility index (Phi) is 6.84. The van der Waals surface area contributed by atoms with Gasteiger partial charge in [-0.3, -0.25) is 9.69 Å². The summed E-state index contributed by atoms with van der Waals surface area (Å²) in [4.78, 5) is 16.1. The third kappa shape index (κ3) is 5.80. The second-order valence-electron chi connectivity index (χ2n) is 6.15. The van der Waals surface area contributed by atoms with E-state index in [1.165, 1.54) is 17.1 Å². The molecule has 2 aromatic carbocycles. The van der Waals surface area contributed by atoms with Crippen molar-refractivity contribution in [3.8, 4) is 0 Å². The summed E-state index contributed by atoms with van der Waals surface area (Å²) in [5, 5.41) is 2.92. The molecule has 3 nitrogen and oxygen atoms in total. The van der Waals surface area contributed by atoms with E-state index in [4.69, 9.17) is 0 Å². The van der Waals surface area contributed by atoms with E-state index in [0.29, 0.717) is 0 Å².